The maximum absolute atomic E-state index is 5.66. The molecular weight excluding hydrogens is 192 g/mol. The number of anilines is 1. The van der Waals surface area contributed by atoms with Crippen molar-refractivity contribution in [2.24, 2.45) is 5.73 Å². The van der Waals surface area contributed by atoms with Gasteiger partial charge in [0.15, 0.2) is 0 Å². The number of fused-ring (bicyclic) bond motifs is 1. The highest BCUT2D eigenvalue weighted by molar-refractivity contribution is 7.80. The Morgan fingerprint density at radius 1 is 1.50 bits per heavy atom. The smallest absolute Gasteiger partial charge is 0.0953 e. The SMILES string of the molecule is CC(C(N)=S)N1CCc2ccccc21. The van der Waals surface area contributed by atoms with Crippen LogP contribution < -0.4 is 10.6 Å². The van der Waals surface area contributed by atoms with Crippen molar-refractivity contribution in [3.05, 3.63) is 29.8 Å². The fraction of sp³-hybridized carbons (Fsp3) is 0.364. The number of nitrogens with two attached hydrogens (primary N) is 1. The third kappa shape index (κ3) is 1.48. The average molecular weight is 206 g/mol. The van der Waals surface area contributed by atoms with E-state index in [1.54, 1.807) is 0 Å². The Labute approximate surface area is 89.7 Å². The lowest BCUT2D eigenvalue weighted by Crippen LogP contribution is -2.40. The molecule has 0 saturated heterocycles. The minimum atomic E-state index is 0.161. The van der Waals surface area contributed by atoms with Crippen LogP contribution in [-0.4, -0.2) is 17.6 Å². The molecule has 1 aromatic rings. The second kappa shape index (κ2) is 3.58. The Morgan fingerprint density at radius 3 is 2.93 bits per heavy atom. The standard InChI is InChI=1S/C11H14N2S/c1-8(11(12)14)13-7-6-9-4-2-3-5-10(9)13/h2-5,8H,6-7H2,1H3,(H2,12,14). The summed E-state index contributed by atoms with van der Waals surface area (Å²) in [5.41, 5.74) is 8.35. The van der Waals surface area contributed by atoms with Crippen LogP contribution >= 0.6 is 12.2 Å². The van der Waals surface area contributed by atoms with E-state index >= 15 is 0 Å². The second-order valence-electron chi connectivity index (χ2n) is 3.65. The van der Waals surface area contributed by atoms with Crippen molar-refractivity contribution in [2.75, 3.05) is 11.4 Å². The van der Waals surface area contributed by atoms with E-state index in [-0.39, 0.29) is 6.04 Å². The molecule has 74 valence electrons. The lowest BCUT2D eigenvalue weighted by Gasteiger charge is -2.26. The van der Waals surface area contributed by atoms with Gasteiger partial charge in [-0.05, 0) is 25.0 Å². The topological polar surface area (TPSA) is 29.3 Å². The maximum atomic E-state index is 5.66. The Balaban J connectivity index is 2.30. The normalized spacial score (nSPS) is 16.5. The van der Waals surface area contributed by atoms with E-state index in [1.165, 1.54) is 11.3 Å². The van der Waals surface area contributed by atoms with E-state index in [1.807, 2.05) is 0 Å². The molecule has 1 aromatic carbocycles. The molecule has 3 heteroatoms. The van der Waals surface area contributed by atoms with Crippen molar-refractivity contribution < 1.29 is 0 Å². The molecule has 1 aliphatic heterocycles. The predicted octanol–water partition coefficient (Wildman–Crippen LogP) is 1.72. The molecule has 0 spiro atoms. The van der Waals surface area contributed by atoms with Crippen LogP contribution in [0.1, 0.15) is 12.5 Å². The fourth-order valence-corrected chi connectivity index (χ4v) is 2.05. The molecular formula is C11H14N2S. The quantitative estimate of drug-likeness (QED) is 0.747. The number of para-hydroxylation sites is 1. The first-order valence-corrected chi connectivity index (χ1v) is 5.25. The Bertz CT molecular complexity index is 362. The summed E-state index contributed by atoms with van der Waals surface area (Å²) in [5, 5.41) is 0. The minimum Gasteiger partial charge on any atom is -0.392 e. The Kier molecular flexibility index (Phi) is 2.42. The minimum absolute atomic E-state index is 0.161. The highest BCUT2D eigenvalue weighted by Gasteiger charge is 2.23. The molecule has 2 nitrogen and oxygen atoms in total. The summed E-state index contributed by atoms with van der Waals surface area (Å²) in [5.74, 6) is 0. The van der Waals surface area contributed by atoms with Crippen LogP contribution in [-0.2, 0) is 6.42 Å². The molecule has 2 N–H and O–H groups in total. The van der Waals surface area contributed by atoms with Gasteiger partial charge in [0.1, 0.15) is 0 Å². The number of thiocarbonyl (C=S) groups is 1. The molecule has 1 heterocycles. The van der Waals surface area contributed by atoms with E-state index in [2.05, 4.69) is 36.1 Å². The van der Waals surface area contributed by atoms with Crippen molar-refractivity contribution in [1.29, 1.82) is 0 Å². The highest BCUT2D eigenvalue weighted by Crippen LogP contribution is 2.28. The van der Waals surface area contributed by atoms with Crippen molar-refractivity contribution in [1.82, 2.24) is 0 Å². The number of rotatable bonds is 2. The van der Waals surface area contributed by atoms with Gasteiger partial charge in [0.2, 0.25) is 0 Å². The van der Waals surface area contributed by atoms with Gasteiger partial charge in [0.05, 0.1) is 11.0 Å². The van der Waals surface area contributed by atoms with Crippen LogP contribution in [0.25, 0.3) is 0 Å². The summed E-state index contributed by atoms with van der Waals surface area (Å²) in [4.78, 5) is 2.85. The van der Waals surface area contributed by atoms with Crippen LogP contribution in [0.15, 0.2) is 24.3 Å². The fourth-order valence-electron chi connectivity index (χ4n) is 1.92. The molecule has 0 radical (unpaired) electrons. The van der Waals surface area contributed by atoms with E-state index in [9.17, 15) is 0 Å². The Morgan fingerprint density at radius 2 is 2.21 bits per heavy atom. The number of benzene rings is 1. The molecule has 1 unspecified atom stereocenters. The molecule has 0 aliphatic carbocycles. The molecule has 0 aromatic heterocycles. The largest absolute Gasteiger partial charge is 0.392 e. The first kappa shape index (κ1) is 9.46. The molecule has 14 heavy (non-hydrogen) atoms. The van der Waals surface area contributed by atoms with Crippen molar-refractivity contribution in [3.8, 4) is 0 Å². The van der Waals surface area contributed by atoms with Crippen molar-refractivity contribution in [2.45, 2.75) is 19.4 Å². The highest BCUT2D eigenvalue weighted by atomic mass is 32.1. The lowest BCUT2D eigenvalue weighted by molar-refractivity contribution is 0.795. The summed E-state index contributed by atoms with van der Waals surface area (Å²) < 4.78 is 0. The molecule has 0 fully saturated rings. The molecule has 0 amide bonds. The number of hydrogen-bond acceptors (Lipinski definition) is 2. The van der Waals surface area contributed by atoms with Crippen molar-refractivity contribution >= 4 is 22.9 Å². The first-order valence-electron chi connectivity index (χ1n) is 4.84. The van der Waals surface area contributed by atoms with Gasteiger partial charge in [-0.3, -0.25) is 0 Å². The predicted molar refractivity (Wildman–Crippen MR) is 63.7 cm³/mol. The zero-order chi connectivity index (χ0) is 10.1. The maximum Gasteiger partial charge on any atom is 0.0953 e. The third-order valence-corrected chi connectivity index (χ3v) is 3.14. The van der Waals surface area contributed by atoms with Gasteiger partial charge in [-0.15, -0.1) is 0 Å². The molecule has 0 saturated carbocycles. The molecule has 1 aliphatic rings. The van der Waals surface area contributed by atoms with E-state index in [0.29, 0.717) is 4.99 Å². The van der Waals surface area contributed by atoms with Gasteiger partial charge in [-0.1, -0.05) is 30.4 Å². The summed E-state index contributed by atoms with van der Waals surface area (Å²) in [6, 6.07) is 8.60. The van der Waals surface area contributed by atoms with E-state index in [0.717, 1.165) is 13.0 Å². The number of hydrogen-bond donors (Lipinski definition) is 1. The Hall–Kier alpha value is -1.09. The second-order valence-corrected chi connectivity index (χ2v) is 4.12. The summed E-state index contributed by atoms with van der Waals surface area (Å²) >= 11 is 5.02. The first-order chi connectivity index (χ1) is 6.70. The summed E-state index contributed by atoms with van der Waals surface area (Å²) in [7, 11) is 0. The lowest BCUT2D eigenvalue weighted by atomic mass is 10.2. The van der Waals surface area contributed by atoms with Gasteiger partial charge in [0.25, 0.3) is 0 Å². The zero-order valence-corrected chi connectivity index (χ0v) is 9.05. The summed E-state index contributed by atoms with van der Waals surface area (Å²) in [6.45, 7) is 3.09. The van der Waals surface area contributed by atoms with Gasteiger partial charge in [0, 0.05) is 12.2 Å². The zero-order valence-electron chi connectivity index (χ0n) is 8.23. The van der Waals surface area contributed by atoms with Gasteiger partial charge in [-0.25, -0.2) is 0 Å². The van der Waals surface area contributed by atoms with Gasteiger partial charge >= 0.3 is 0 Å². The van der Waals surface area contributed by atoms with Crippen LogP contribution in [0.4, 0.5) is 5.69 Å². The molecule has 2 rings (SSSR count). The van der Waals surface area contributed by atoms with Crippen LogP contribution in [0.3, 0.4) is 0 Å². The third-order valence-electron chi connectivity index (χ3n) is 2.80. The van der Waals surface area contributed by atoms with Gasteiger partial charge in [-0.2, -0.15) is 0 Å². The van der Waals surface area contributed by atoms with Gasteiger partial charge < -0.3 is 10.6 Å². The van der Waals surface area contributed by atoms with Crippen molar-refractivity contribution in [3.63, 3.8) is 0 Å². The van der Waals surface area contributed by atoms with E-state index < -0.39 is 0 Å². The van der Waals surface area contributed by atoms with Crippen LogP contribution in [0, 0.1) is 0 Å². The monoisotopic (exact) mass is 206 g/mol. The molecule has 1 atom stereocenters. The van der Waals surface area contributed by atoms with Crippen LogP contribution in [0.5, 0.6) is 0 Å². The molecule has 0 bridgehead atoms. The number of nitrogens with zero attached hydrogens (tertiary/aromatic N) is 1. The summed E-state index contributed by atoms with van der Waals surface area (Å²) in [6.07, 6.45) is 1.10. The van der Waals surface area contributed by atoms with Crippen LogP contribution in [0.2, 0.25) is 0 Å². The van der Waals surface area contributed by atoms with E-state index in [4.69, 9.17) is 18.0 Å². The average Bonchev–Trinajstić information content (AvgIpc) is 2.60.